The summed E-state index contributed by atoms with van der Waals surface area (Å²) in [6, 6.07) is 13.6. The molecule has 6 heteroatoms. The largest absolute Gasteiger partial charge is 0.496 e. The smallest absolute Gasteiger partial charge is 0.276 e. The van der Waals surface area contributed by atoms with Crippen LogP contribution in [-0.4, -0.2) is 40.2 Å². The van der Waals surface area contributed by atoms with Crippen molar-refractivity contribution >= 4 is 5.78 Å². The number of piperidine rings is 1. The van der Waals surface area contributed by atoms with Gasteiger partial charge in [-0.3, -0.25) is 19.2 Å². The predicted octanol–water partition coefficient (Wildman–Crippen LogP) is 4.20. The van der Waals surface area contributed by atoms with Gasteiger partial charge in [-0.2, -0.15) is 0 Å². The molecule has 1 atom stereocenters. The highest BCUT2D eigenvalue weighted by Crippen LogP contribution is 2.28. The normalized spacial score (nSPS) is 16.7. The van der Waals surface area contributed by atoms with Crippen molar-refractivity contribution < 1.29 is 9.53 Å². The van der Waals surface area contributed by atoms with Crippen LogP contribution in [0.15, 0.2) is 47.3 Å². The molecular weight excluding hydrogens is 414 g/mol. The first kappa shape index (κ1) is 23.1. The minimum atomic E-state index is -0.0636. The molecule has 1 aliphatic rings. The number of likely N-dealkylation sites (tertiary alicyclic amines) is 1. The highest BCUT2D eigenvalue weighted by molar-refractivity contribution is 5.98. The van der Waals surface area contributed by atoms with Crippen molar-refractivity contribution in [3.05, 3.63) is 80.8 Å². The standard InChI is InChI=1S/C27H33N3O3/c1-18-14-22(15-19(2)26(18)33-5)25(31)21-10-9-13-29(16-21)17-24-20(3)28(4)30(27(24)32)23-11-7-6-8-12-23/h6-8,11-12,14-15,21H,9-10,13,16-17H2,1-5H3/t21-/m1/s1. The highest BCUT2D eigenvalue weighted by atomic mass is 16.5. The fourth-order valence-electron chi connectivity index (χ4n) is 5.09. The summed E-state index contributed by atoms with van der Waals surface area (Å²) in [4.78, 5) is 28.9. The van der Waals surface area contributed by atoms with Crippen LogP contribution in [0.25, 0.3) is 5.69 Å². The Balaban J connectivity index is 1.55. The Bertz CT molecular complexity index is 1200. The second-order valence-electron chi connectivity index (χ2n) is 9.12. The van der Waals surface area contributed by atoms with Crippen molar-refractivity contribution in [1.29, 1.82) is 0 Å². The number of carbonyl (C=O) groups excluding carboxylic acids is 1. The maximum absolute atomic E-state index is 13.3. The van der Waals surface area contributed by atoms with Crippen molar-refractivity contribution in [2.45, 2.75) is 40.2 Å². The van der Waals surface area contributed by atoms with Gasteiger partial charge in [0.15, 0.2) is 5.78 Å². The van der Waals surface area contributed by atoms with Crippen LogP contribution < -0.4 is 10.3 Å². The van der Waals surface area contributed by atoms with Crippen LogP contribution in [-0.2, 0) is 13.6 Å². The molecule has 6 nitrogen and oxygen atoms in total. The van der Waals surface area contributed by atoms with E-state index in [2.05, 4.69) is 4.90 Å². The second-order valence-corrected chi connectivity index (χ2v) is 9.12. The van der Waals surface area contributed by atoms with Gasteiger partial charge in [0.1, 0.15) is 5.75 Å². The summed E-state index contributed by atoms with van der Waals surface area (Å²) in [5.74, 6) is 0.956. The zero-order chi connectivity index (χ0) is 23.7. The summed E-state index contributed by atoms with van der Waals surface area (Å²) in [5.41, 5.74) is 5.33. The molecule has 1 aliphatic heterocycles. The average Bonchev–Trinajstić information content (AvgIpc) is 3.02. The van der Waals surface area contributed by atoms with Crippen LogP contribution in [0.5, 0.6) is 5.75 Å². The number of ketones is 1. The van der Waals surface area contributed by atoms with Crippen LogP contribution in [0.3, 0.4) is 0 Å². The number of hydrogen-bond acceptors (Lipinski definition) is 4. The lowest BCUT2D eigenvalue weighted by atomic mass is 9.88. The number of Topliss-reactive ketones (excluding diaryl/α,β-unsaturated/α-hetero) is 1. The number of para-hydroxylation sites is 1. The molecule has 2 aromatic carbocycles. The van der Waals surface area contributed by atoms with Gasteiger partial charge in [-0.15, -0.1) is 0 Å². The van der Waals surface area contributed by atoms with E-state index in [1.807, 2.05) is 75.0 Å². The Morgan fingerprint density at radius 3 is 2.39 bits per heavy atom. The van der Waals surface area contributed by atoms with Crippen LogP contribution >= 0.6 is 0 Å². The second kappa shape index (κ2) is 9.40. The number of aromatic nitrogens is 2. The van der Waals surface area contributed by atoms with E-state index >= 15 is 0 Å². The summed E-state index contributed by atoms with van der Waals surface area (Å²) < 4.78 is 9.09. The molecule has 1 saturated heterocycles. The fraction of sp³-hybridized carbons (Fsp3) is 0.407. The molecule has 1 fully saturated rings. The topological polar surface area (TPSA) is 56.5 Å². The number of aryl methyl sites for hydroxylation is 2. The van der Waals surface area contributed by atoms with Crippen LogP contribution in [0, 0.1) is 26.7 Å². The number of nitrogens with zero attached hydrogens (tertiary/aromatic N) is 3. The summed E-state index contributed by atoms with van der Waals surface area (Å²) >= 11 is 0. The monoisotopic (exact) mass is 447 g/mol. The van der Waals surface area contributed by atoms with Crippen LogP contribution in [0.2, 0.25) is 0 Å². The third-order valence-corrected chi connectivity index (χ3v) is 6.88. The first-order valence-electron chi connectivity index (χ1n) is 11.6. The van der Waals surface area contributed by atoms with E-state index in [9.17, 15) is 9.59 Å². The molecule has 0 aliphatic carbocycles. The van der Waals surface area contributed by atoms with E-state index in [4.69, 9.17) is 4.74 Å². The molecular formula is C27H33N3O3. The van der Waals surface area contributed by atoms with Gasteiger partial charge in [0.2, 0.25) is 0 Å². The van der Waals surface area contributed by atoms with Crippen molar-refractivity contribution in [1.82, 2.24) is 14.3 Å². The zero-order valence-electron chi connectivity index (χ0n) is 20.2. The van der Waals surface area contributed by atoms with Gasteiger partial charge in [-0.05, 0) is 75.5 Å². The molecule has 4 rings (SSSR count). The lowest BCUT2D eigenvalue weighted by molar-refractivity contribution is 0.0811. The zero-order valence-corrected chi connectivity index (χ0v) is 20.2. The van der Waals surface area contributed by atoms with E-state index in [1.54, 1.807) is 11.8 Å². The third kappa shape index (κ3) is 4.40. The molecule has 1 aromatic heterocycles. The average molecular weight is 448 g/mol. The molecule has 2 heterocycles. The fourth-order valence-corrected chi connectivity index (χ4v) is 5.09. The van der Waals surface area contributed by atoms with E-state index in [1.165, 1.54) is 0 Å². The van der Waals surface area contributed by atoms with Gasteiger partial charge < -0.3 is 4.74 Å². The van der Waals surface area contributed by atoms with Crippen molar-refractivity contribution in [2.75, 3.05) is 20.2 Å². The lowest BCUT2D eigenvalue weighted by Crippen LogP contribution is -2.39. The highest BCUT2D eigenvalue weighted by Gasteiger charge is 2.29. The number of methoxy groups -OCH3 is 1. The molecule has 33 heavy (non-hydrogen) atoms. The molecule has 174 valence electrons. The van der Waals surface area contributed by atoms with E-state index in [0.717, 1.165) is 58.8 Å². The third-order valence-electron chi connectivity index (χ3n) is 6.88. The molecule has 0 radical (unpaired) electrons. The van der Waals surface area contributed by atoms with E-state index in [-0.39, 0.29) is 17.3 Å². The predicted molar refractivity (Wildman–Crippen MR) is 131 cm³/mol. The SMILES string of the molecule is COc1c(C)cc(C(=O)[C@@H]2CCCN(Cc3c(C)n(C)n(-c4ccccc4)c3=O)C2)cc1C. The Labute approximate surface area is 195 Å². The molecule has 0 saturated carbocycles. The summed E-state index contributed by atoms with van der Waals surface area (Å²) in [5, 5.41) is 0. The molecule has 0 bridgehead atoms. The maximum atomic E-state index is 13.3. The Morgan fingerprint density at radius 2 is 1.76 bits per heavy atom. The number of benzene rings is 2. The minimum Gasteiger partial charge on any atom is -0.496 e. The Morgan fingerprint density at radius 1 is 1.09 bits per heavy atom. The molecule has 0 N–H and O–H groups in total. The maximum Gasteiger partial charge on any atom is 0.276 e. The Kier molecular flexibility index (Phi) is 6.56. The van der Waals surface area contributed by atoms with E-state index < -0.39 is 0 Å². The van der Waals surface area contributed by atoms with Crippen LogP contribution in [0.1, 0.15) is 45.6 Å². The van der Waals surface area contributed by atoms with Gasteiger partial charge in [-0.25, -0.2) is 4.68 Å². The van der Waals surface area contributed by atoms with Crippen molar-refractivity contribution in [3.8, 4) is 11.4 Å². The van der Waals surface area contributed by atoms with Gasteiger partial charge in [0.25, 0.3) is 5.56 Å². The number of hydrogen-bond donors (Lipinski definition) is 0. The van der Waals surface area contributed by atoms with E-state index in [0.29, 0.717) is 13.1 Å². The van der Waals surface area contributed by atoms with Crippen LogP contribution in [0.4, 0.5) is 0 Å². The number of ether oxygens (including phenoxy) is 1. The summed E-state index contributed by atoms with van der Waals surface area (Å²) in [7, 11) is 3.58. The van der Waals surface area contributed by atoms with Gasteiger partial charge >= 0.3 is 0 Å². The van der Waals surface area contributed by atoms with Crippen molar-refractivity contribution in [2.24, 2.45) is 13.0 Å². The molecule has 3 aromatic rings. The Hall–Kier alpha value is -3.12. The first-order chi connectivity index (χ1) is 15.8. The molecule has 0 amide bonds. The molecule has 0 spiro atoms. The summed E-state index contributed by atoms with van der Waals surface area (Å²) in [6.07, 6.45) is 1.82. The van der Waals surface area contributed by atoms with Crippen molar-refractivity contribution in [3.63, 3.8) is 0 Å². The van der Waals surface area contributed by atoms with Gasteiger partial charge in [0, 0.05) is 37.3 Å². The number of rotatable bonds is 6. The molecule has 0 unspecified atom stereocenters. The number of carbonyl (C=O) groups is 1. The lowest BCUT2D eigenvalue weighted by Gasteiger charge is -2.32. The summed E-state index contributed by atoms with van der Waals surface area (Å²) in [6.45, 7) is 8.07. The first-order valence-corrected chi connectivity index (χ1v) is 11.6. The minimum absolute atomic E-state index is 0.0102. The quantitative estimate of drug-likeness (QED) is 0.532. The van der Waals surface area contributed by atoms with Gasteiger partial charge in [0.05, 0.1) is 18.4 Å². The van der Waals surface area contributed by atoms with Gasteiger partial charge in [-0.1, -0.05) is 18.2 Å².